The van der Waals surface area contributed by atoms with E-state index in [0.29, 0.717) is 6.07 Å². The number of nitro benzene ring substituents is 1. The first kappa shape index (κ1) is 24.3. The second-order valence-electron chi connectivity index (χ2n) is 6.57. The number of esters is 1. The average molecular weight is 492 g/mol. The molecule has 0 aliphatic carbocycles. The smallest absolute Gasteiger partial charge is 0.340 e. The van der Waals surface area contributed by atoms with Crippen LogP contribution >= 0.6 is 0 Å². The Bertz CT molecular complexity index is 1390. The van der Waals surface area contributed by atoms with E-state index in [1.807, 2.05) is 0 Å². The van der Waals surface area contributed by atoms with Crippen LogP contribution in [0.1, 0.15) is 20.7 Å². The molecule has 3 aromatic carbocycles. The lowest BCUT2D eigenvalue weighted by atomic mass is 10.1. The predicted octanol–water partition coefficient (Wildman–Crippen LogP) is 3.68. The fraction of sp³-hybridized carbons (Fsp3) is 0.0476. The molecule has 0 saturated heterocycles. The van der Waals surface area contributed by atoms with Crippen molar-refractivity contribution in [3.8, 4) is 5.75 Å². The molecule has 0 heterocycles. The van der Waals surface area contributed by atoms with Crippen molar-refractivity contribution >= 4 is 33.4 Å². The molecule has 13 heteroatoms. The van der Waals surface area contributed by atoms with Crippen LogP contribution in [0.3, 0.4) is 0 Å². The predicted molar refractivity (Wildman–Crippen MR) is 113 cm³/mol. The van der Waals surface area contributed by atoms with Gasteiger partial charge in [0.05, 0.1) is 23.3 Å². The summed E-state index contributed by atoms with van der Waals surface area (Å²) in [4.78, 5) is 33.6. The Morgan fingerprint density at radius 1 is 1.00 bits per heavy atom. The highest BCUT2D eigenvalue weighted by Gasteiger charge is 2.21. The van der Waals surface area contributed by atoms with Gasteiger partial charge < -0.3 is 14.2 Å². The highest BCUT2D eigenvalue weighted by Crippen LogP contribution is 2.24. The zero-order valence-electron chi connectivity index (χ0n) is 17.2. The van der Waals surface area contributed by atoms with Crippen LogP contribution in [0.4, 0.5) is 20.2 Å². The first-order chi connectivity index (χ1) is 16.0. The maximum atomic E-state index is 14.0. The first-order valence-corrected chi connectivity index (χ1v) is 10.6. The minimum atomic E-state index is -4.41. The van der Waals surface area contributed by atoms with Crippen LogP contribution in [-0.4, -0.2) is 32.3 Å². The molecule has 1 amide bonds. The van der Waals surface area contributed by atoms with Crippen LogP contribution in [-0.2, 0) is 14.9 Å². The van der Waals surface area contributed by atoms with Crippen LogP contribution in [0.25, 0.3) is 0 Å². The molecule has 0 radical (unpaired) electrons. The van der Waals surface area contributed by atoms with Crippen molar-refractivity contribution < 1.29 is 40.6 Å². The zero-order chi connectivity index (χ0) is 25.0. The van der Waals surface area contributed by atoms with Crippen LogP contribution in [0, 0.1) is 21.7 Å². The molecule has 176 valence electrons. The van der Waals surface area contributed by atoms with E-state index in [9.17, 15) is 36.9 Å². The minimum absolute atomic E-state index is 0.0524. The molecule has 0 aromatic heterocycles. The number of hydrogen-bond donors (Lipinski definition) is 1. The van der Waals surface area contributed by atoms with Gasteiger partial charge in [-0.25, -0.2) is 13.6 Å². The van der Waals surface area contributed by atoms with Gasteiger partial charge >= 0.3 is 16.1 Å². The molecule has 0 bridgehead atoms. The standard InChI is InChI=1S/C21H14F2N2O8S/c1-32-21(27)16-10-19(18(23)11-17(16)22)24-20(26)12-5-7-14(8-6-12)33-34(30,31)15-4-2-3-13(9-15)25(28)29/h2-11H,1H3,(H,24,26). The summed E-state index contributed by atoms with van der Waals surface area (Å²) < 4.78 is 61.8. The Morgan fingerprint density at radius 3 is 2.29 bits per heavy atom. The van der Waals surface area contributed by atoms with E-state index in [0.717, 1.165) is 55.6 Å². The molecule has 0 saturated carbocycles. The molecule has 0 aliphatic rings. The molecule has 10 nitrogen and oxygen atoms in total. The summed E-state index contributed by atoms with van der Waals surface area (Å²) in [5.41, 5.74) is -1.57. The summed E-state index contributed by atoms with van der Waals surface area (Å²) in [7, 11) is -3.40. The lowest BCUT2D eigenvalue weighted by molar-refractivity contribution is -0.385. The Kier molecular flexibility index (Phi) is 6.86. The third kappa shape index (κ3) is 5.32. The molecule has 34 heavy (non-hydrogen) atoms. The number of nitrogens with one attached hydrogen (secondary N) is 1. The van der Waals surface area contributed by atoms with Gasteiger partial charge in [-0.1, -0.05) is 6.07 Å². The second-order valence-corrected chi connectivity index (χ2v) is 8.12. The molecule has 0 spiro atoms. The number of nitrogens with zero attached hydrogens (tertiary/aromatic N) is 1. The third-order valence-electron chi connectivity index (χ3n) is 4.35. The highest BCUT2D eigenvalue weighted by molar-refractivity contribution is 7.87. The number of methoxy groups -OCH3 is 1. The number of halogens is 2. The van der Waals surface area contributed by atoms with E-state index in [1.54, 1.807) is 0 Å². The summed E-state index contributed by atoms with van der Waals surface area (Å²) in [6, 6.07) is 10.0. The van der Waals surface area contributed by atoms with E-state index in [4.69, 9.17) is 4.18 Å². The van der Waals surface area contributed by atoms with Crippen LogP contribution in [0.15, 0.2) is 65.6 Å². The van der Waals surface area contributed by atoms with E-state index in [-0.39, 0.29) is 11.3 Å². The van der Waals surface area contributed by atoms with Gasteiger partial charge in [0.15, 0.2) is 0 Å². The molecule has 3 rings (SSSR count). The molecular formula is C21H14F2N2O8S. The summed E-state index contributed by atoms with van der Waals surface area (Å²) in [5.74, 6) is -4.44. The number of amides is 1. The normalized spacial score (nSPS) is 10.9. The van der Waals surface area contributed by atoms with E-state index < -0.39 is 60.4 Å². The quantitative estimate of drug-likeness (QED) is 0.228. The maximum Gasteiger partial charge on any atom is 0.340 e. The van der Waals surface area contributed by atoms with Crippen LogP contribution in [0.2, 0.25) is 0 Å². The third-order valence-corrected chi connectivity index (χ3v) is 5.59. The van der Waals surface area contributed by atoms with Gasteiger partial charge in [0, 0.05) is 23.8 Å². The summed E-state index contributed by atoms with van der Waals surface area (Å²) in [5, 5.41) is 13.0. The molecule has 0 unspecified atom stereocenters. The number of rotatable bonds is 7. The van der Waals surface area contributed by atoms with Crippen molar-refractivity contribution in [2.75, 3.05) is 12.4 Å². The van der Waals surface area contributed by atoms with E-state index in [2.05, 4.69) is 10.1 Å². The number of carbonyl (C=O) groups is 2. The molecule has 0 aliphatic heterocycles. The maximum absolute atomic E-state index is 14.0. The van der Waals surface area contributed by atoms with E-state index >= 15 is 0 Å². The second kappa shape index (κ2) is 9.62. The number of nitro groups is 1. The Balaban J connectivity index is 1.77. The van der Waals surface area contributed by atoms with E-state index in [1.165, 1.54) is 6.07 Å². The van der Waals surface area contributed by atoms with Crippen molar-refractivity contribution in [3.05, 3.63) is 93.5 Å². The van der Waals surface area contributed by atoms with Gasteiger partial charge in [-0.05, 0) is 36.4 Å². The number of anilines is 1. The van der Waals surface area contributed by atoms with Gasteiger partial charge in [0.25, 0.3) is 11.6 Å². The van der Waals surface area contributed by atoms with Gasteiger partial charge in [-0.15, -0.1) is 0 Å². The Labute approximate surface area is 191 Å². The molecule has 3 aromatic rings. The van der Waals surface area contributed by atoms with Gasteiger partial charge in [0.2, 0.25) is 0 Å². The van der Waals surface area contributed by atoms with Crippen LogP contribution < -0.4 is 9.50 Å². The Hall–Kier alpha value is -4.39. The van der Waals surface area contributed by atoms with Crippen molar-refractivity contribution in [2.24, 2.45) is 0 Å². The van der Waals surface area contributed by atoms with Gasteiger partial charge in [0.1, 0.15) is 22.3 Å². The number of non-ortho nitro benzene ring substituents is 1. The fourth-order valence-electron chi connectivity index (χ4n) is 2.69. The highest BCUT2D eigenvalue weighted by atomic mass is 32.2. The minimum Gasteiger partial charge on any atom is -0.465 e. The number of hydrogen-bond acceptors (Lipinski definition) is 8. The van der Waals surface area contributed by atoms with Crippen molar-refractivity contribution in [3.63, 3.8) is 0 Å². The monoisotopic (exact) mass is 492 g/mol. The van der Waals surface area contributed by atoms with Crippen molar-refractivity contribution in [1.29, 1.82) is 0 Å². The number of benzene rings is 3. The van der Waals surface area contributed by atoms with Gasteiger partial charge in [-0.2, -0.15) is 8.42 Å². The van der Waals surface area contributed by atoms with Crippen molar-refractivity contribution in [1.82, 2.24) is 0 Å². The van der Waals surface area contributed by atoms with Crippen molar-refractivity contribution in [2.45, 2.75) is 4.90 Å². The largest absolute Gasteiger partial charge is 0.465 e. The summed E-state index contributed by atoms with van der Waals surface area (Å²) in [6.07, 6.45) is 0. The van der Waals surface area contributed by atoms with Crippen LogP contribution in [0.5, 0.6) is 5.75 Å². The number of carbonyl (C=O) groups excluding carboxylic acids is 2. The fourth-order valence-corrected chi connectivity index (χ4v) is 3.67. The average Bonchev–Trinajstić information content (AvgIpc) is 2.80. The lowest BCUT2D eigenvalue weighted by Crippen LogP contribution is -2.15. The van der Waals surface area contributed by atoms with Gasteiger partial charge in [-0.3, -0.25) is 14.9 Å². The molecule has 1 N–H and O–H groups in total. The topological polar surface area (TPSA) is 142 Å². The molecule has 0 atom stereocenters. The lowest BCUT2D eigenvalue weighted by Gasteiger charge is -2.10. The first-order valence-electron chi connectivity index (χ1n) is 9.19. The SMILES string of the molecule is COC(=O)c1cc(NC(=O)c2ccc(OS(=O)(=O)c3cccc([N+](=O)[O-])c3)cc2)c(F)cc1F. The Morgan fingerprint density at radius 2 is 1.68 bits per heavy atom. The molecular weight excluding hydrogens is 478 g/mol. The summed E-state index contributed by atoms with van der Waals surface area (Å²) >= 11 is 0. The zero-order valence-corrected chi connectivity index (χ0v) is 18.0. The molecule has 0 fully saturated rings. The number of ether oxygens (including phenoxy) is 1. The summed E-state index contributed by atoms with van der Waals surface area (Å²) in [6.45, 7) is 0.